The predicted octanol–water partition coefficient (Wildman–Crippen LogP) is 2.56. The first-order chi connectivity index (χ1) is 6.65. The summed E-state index contributed by atoms with van der Waals surface area (Å²) in [7, 11) is 0. The first-order valence-corrected chi connectivity index (χ1v) is 4.56. The van der Waals surface area contributed by atoms with Gasteiger partial charge in [0.15, 0.2) is 5.89 Å². The molecule has 0 bridgehead atoms. The normalized spacial score (nSPS) is 11.4. The molecule has 0 saturated heterocycles. The third-order valence-electron chi connectivity index (χ3n) is 1.84. The molecule has 2 rings (SSSR count). The zero-order valence-electron chi connectivity index (χ0n) is 8.12. The lowest BCUT2D eigenvalue weighted by Crippen LogP contribution is -1.93. The summed E-state index contributed by atoms with van der Waals surface area (Å²) in [5.41, 5.74) is 0.891. The molecule has 0 unspecified atom stereocenters. The molecule has 0 saturated carbocycles. The van der Waals surface area contributed by atoms with Crippen LogP contribution in [0.1, 0.15) is 19.7 Å². The van der Waals surface area contributed by atoms with Crippen molar-refractivity contribution in [2.45, 2.75) is 20.3 Å². The Morgan fingerprint density at radius 3 is 3.00 bits per heavy atom. The van der Waals surface area contributed by atoms with E-state index in [4.69, 9.17) is 4.42 Å². The average molecular weight is 194 g/mol. The van der Waals surface area contributed by atoms with Crippen molar-refractivity contribution < 1.29 is 8.81 Å². The molecule has 0 aliphatic heterocycles. The Kier molecular flexibility index (Phi) is 2.19. The molecule has 0 fully saturated rings. The Balaban J connectivity index is 2.41. The van der Waals surface area contributed by atoms with E-state index in [1.54, 1.807) is 0 Å². The molecule has 0 aliphatic rings. The van der Waals surface area contributed by atoms with Gasteiger partial charge in [-0.15, -0.1) is 0 Å². The topological polar surface area (TPSA) is 38.9 Å². The van der Waals surface area contributed by atoms with Crippen LogP contribution in [0.3, 0.4) is 0 Å². The molecule has 0 N–H and O–H groups in total. The van der Waals surface area contributed by atoms with Crippen molar-refractivity contribution in [1.29, 1.82) is 0 Å². The smallest absolute Gasteiger partial charge is 0.247 e. The van der Waals surface area contributed by atoms with Gasteiger partial charge in [-0.2, -0.15) is 0 Å². The van der Waals surface area contributed by atoms with Crippen molar-refractivity contribution >= 4 is 11.2 Å². The summed E-state index contributed by atoms with van der Waals surface area (Å²) in [4.78, 5) is 7.95. The van der Waals surface area contributed by atoms with Gasteiger partial charge in [-0.3, -0.25) is 0 Å². The van der Waals surface area contributed by atoms with E-state index in [9.17, 15) is 4.39 Å². The Labute approximate surface area is 81.0 Å². The van der Waals surface area contributed by atoms with Gasteiger partial charge in [-0.1, -0.05) is 13.8 Å². The van der Waals surface area contributed by atoms with E-state index < -0.39 is 0 Å². The molecule has 2 aromatic heterocycles. The minimum atomic E-state index is -0.387. The number of nitrogens with zero attached hydrogens (tertiary/aromatic N) is 2. The summed E-state index contributed by atoms with van der Waals surface area (Å²) in [6, 6.07) is 1.33. The average Bonchev–Trinajstić information content (AvgIpc) is 2.44. The fraction of sp³-hybridized carbons (Fsp3) is 0.400. The predicted molar refractivity (Wildman–Crippen MR) is 50.3 cm³/mol. The van der Waals surface area contributed by atoms with Crippen molar-refractivity contribution in [3.8, 4) is 0 Å². The van der Waals surface area contributed by atoms with E-state index >= 15 is 0 Å². The molecule has 14 heavy (non-hydrogen) atoms. The first-order valence-electron chi connectivity index (χ1n) is 4.56. The van der Waals surface area contributed by atoms with Crippen molar-refractivity contribution in [1.82, 2.24) is 9.97 Å². The van der Waals surface area contributed by atoms with Crippen molar-refractivity contribution in [2.24, 2.45) is 5.92 Å². The van der Waals surface area contributed by atoms with E-state index in [0.29, 0.717) is 23.0 Å². The Hall–Kier alpha value is -1.45. The summed E-state index contributed by atoms with van der Waals surface area (Å²) in [5.74, 6) is 0.697. The van der Waals surface area contributed by atoms with Gasteiger partial charge in [-0.05, 0) is 5.92 Å². The molecule has 0 amide bonds. The molecule has 74 valence electrons. The van der Waals surface area contributed by atoms with Crippen LogP contribution in [0.2, 0.25) is 0 Å². The van der Waals surface area contributed by atoms with Gasteiger partial charge in [0.2, 0.25) is 5.71 Å². The number of hydrogen-bond donors (Lipinski definition) is 0. The molecule has 4 heteroatoms. The largest absolute Gasteiger partial charge is 0.422 e. The molecule has 0 radical (unpaired) electrons. The molecule has 0 aliphatic carbocycles. The third-order valence-corrected chi connectivity index (χ3v) is 1.84. The lowest BCUT2D eigenvalue weighted by Gasteiger charge is -1.96. The fourth-order valence-electron chi connectivity index (χ4n) is 1.28. The third kappa shape index (κ3) is 1.73. The molecule has 2 heterocycles. The van der Waals surface area contributed by atoms with Crippen LogP contribution < -0.4 is 0 Å². The van der Waals surface area contributed by atoms with Crippen LogP contribution in [-0.2, 0) is 6.42 Å². The quantitative estimate of drug-likeness (QED) is 0.737. The van der Waals surface area contributed by atoms with Crippen molar-refractivity contribution in [3.05, 3.63) is 24.0 Å². The maximum Gasteiger partial charge on any atom is 0.247 e. The van der Waals surface area contributed by atoms with Crippen molar-refractivity contribution in [3.63, 3.8) is 0 Å². The van der Waals surface area contributed by atoms with E-state index in [2.05, 4.69) is 23.8 Å². The molecule has 2 aromatic rings. The number of rotatable bonds is 2. The SMILES string of the molecule is CC(C)Cc1nc2cc(F)cnc2o1. The molecule has 3 nitrogen and oxygen atoms in total. The molecule has 0 aromatic carbocycles. The second-order valence-electron chi connectivity index (χ2n) is 3.68. The zero-order valence-corrected chi connectivity index (χ0v) is 8.12. The molecular weight excluding hydrogens is 183 g/mol. The van der Waals surface area contributed by atoms with Crippen LogP contribution in [0.5, 0.6) is 0 Å². The van der Waals surface area contributed by atoms with Crippen LogP contribution in [0.25, 0.3) is 11.2 Å². The first kappa shape index (κ1) is 9.12. The summed E-state index contributed by atoms with van der Waals surface area (Å²) in [6.07, 6.45) is 1.88. The summed E-state index contributed by atoms with van der Waals surface area (Å²) in [5, 5.41) is 0. The van der Waals surface area contributed by atoms with E-state index in [1.807, 2.05) is 0 Å². The highest BCUT2D eigenvalue weighted by Crippen LogP contribution is 2.16. The van der Waals surface area contributed by atoms with Crippen LogP contribution >= 0.6 is 0 Å². The second-order valence-corrected chi connectivity index (χ2v) is 3.68. The Bertz CT molecular complexity index is 450. The van der Waals surface area contributed by atoms with E-state index in [1.165, 1.54) is 6.07 Å². The van der Waals surface area contributed by atoms with Crippen LogP contribution in [0.15, 0.2) is 16.7 Å². The van der Waals surface area contributed by atoms with E-state index in [0.717, 1.165) is 12.6 Å². The van der Waals surface area contributed by atoms with E-state index in [-0.39, 0.29) is 5.82 Å². The number of halogens is 1. The second kappa shape index (κ2) is 3.36. The maximum absolute atomic E-state index is 12.8. The number of aromatic nitrogens is 2. The summed E-state index contributed by atoms with van der Waals surface area (Å²) >= 11 is 0. The number of hydrogen-bond acceptors (Lipinski definition) is 3. The van der Waals surface area contributed by atoms with Crippen LogP contribution in [0.4, 0.5) is 4.39 Å². The lowest BCUT2D eigenvalue weighted by atomic mass is 10.1. The lowest BCUT2D eigenvalue weighted by molar-refractivity contribution is 0.476. The number of pyridine rings is 1. The fourth-order valence-corrected chi connectivity index (χ4v) is 1.28. The van der Waals surface area contributed by atoms with Crippen molar-refractivity contribution in [2.75, 3.05) is 0 Å². The number of fused-ring (bicyclic) bond motifs is 1. The zero-order chi connectivity index (χ0) is 10.1. The van der Waals surface area contributed by atoms with Crippen LogP contribution in [-0.4, -0.2) is 9.97 Å². The highest BCUT2D eigenvalue weighted by molar-refractivity contribution is 5.67. The van der Waals surface area contributed by atoms with Crippen LogP contribution in [0, 0.1) is 11.7 Å². The Morgan fingerprint density at radius 2 is 2.29 bits per heavy atom. The minimum Gasteiger partial charge on any atom is -0.422 e. The van der Waals surface area contributed by atoms with Gasteiger partial charge in [0.05, 0.1) is 6.20 Å². The highest BCUT2D eigenvalue weighted by atomic mass is 19.1. The van der Waals surface area contributed by atoms with Gasteiger partial charge in [-0.25, -0.2) is 14.4 Å². The minimum absolute atomic E-state index is 0.387. The van der Waals surface area contributed by atoms with Gasteiger partial charge >= 0.3 is 0 Å². The van der Waals surface area contributed by atoms with Gasteiger partial charge in [0.25, 0.3) is 0 Å². The monoisotopic (exact) mass is 194 g/mol. The Morgan fingerprint density at radius 1 is 1.50 bits per heavy atom. The maximum atomic E-state index is 12.8. The summed E-state index contributed by atoms with van der Waals surface area (Å²) in [6.45, 7) is 4.14. The highest BCUT2D eigenvalue weighted by Gasteiger charge is 2.08. The van der Waals surface area contributed by atoms with Gasteiger partial charge in [0.1, 0.15) is 11.3 Å². The number of oxazole rings is 1. The van der Waals surface area contributed by atoms with Gasteiger partial charge < -0.3 is 4.42 Å². The van der Waals surface area contributed by atoms with Gasteiger partial charge in [0, 0.05) is 12.5 Å². The molecule has 0 atom stereocenters. The summed E-state index contributed by atoms with van der Waals surface area (Å²) < 4.78 is 18.1. The molecule has 0 spiro atoms. The standard InChI is InChI=1S/C10H11FN2O/c1-6(2)3-9-13-8-4-7(11)5-12-10(8)14-9/h4-6H,3H2,1-2H3. The molecular formula is C10H11FN2O.